The summed E-state index contributed by atoms with van der Waals surface area (Å²) in [5.41, 5.74) is 0. The summed E-state index contributed by atoms with van der Waals surface area (Å²) in [6.07, 6.45) is 83.5. The van der Waals surface area contributed by atoms with Crippen LogP contribution in [0.3, 0.4) is 0 Å². The zero-order valence-corrected chi connectivity index (χ0v) is 50.5. The lowest BCUT2D eigenvalue weighted by Gasteiger charge is -2.18. The van der Waals surface area contributed by atoms with Crippen LogP contribution in [-0.2, 0) is 28.6 Å². The maximum Gasteiger partial charge on any atom is 0.306 e. The van der Waals surface area contributed by atoms with Crippen molar-refractivity contribution in [3.63, 3.8) is 0 Å². The normalized spacial score (nSPS) is 12.5. The predicted octanol–water partition coefficient (Wildman–Crippen LogP) is 22.5. The molecule has 1 unspecified atom stereocenters. The van der Waals surface area contributed by atoms with Crippen LogP contribution in [0.5, 0.6) is 0 Å². The molecule has 0 saturated carbocycles. The van der Waals surface area contributed by atoms with Gasteiger partial charge in [-0.25, -0.2) is 0 Å². The predicted molar refractivity (Wildman–Crippen MR) is 330 cm³/mol. The van der Waals surface area contributed by atoms with Crippen molar-refractivity contribution in [1.29, 1.82) is 0 Å². The topological polar surface area (TPSA) is 78.9 Å². The monoisotopic (exact) mass is 1060 g/mol. The number of hydrogen-bond acceptors (Lipinski definition) is 6. The minimum Gasteiger partial charge on any atom is -0.462 e. The molecule has 6 heteroatoms. The van der Waals surface area contributed by atoms with Crippen molar-refractivity contribution in [2.45, 2.75) is 341 Å². The van der Waals surface area contributed by atoms with E-state index in [-0.39, 0.29) is 31.1 Å². The van der Waals surface area contributed by atoms with E-state index in [2.05, 4.69) is 93.7 Å². The van der Waals surface area contributed by atoms with Gasteiger partial charge in [0.2, 0.25) is 0 Å². The summed E-state index contributed by atoms with van der Waals surface area (Å²) in [6, 6.07) is 0. The van der Waals surface area contributed by atoms with Crippen LogP contribution in [0.15, 0.2) is 72.9 Å². The molecule has 0 N–H and O–H groups in total. The molecule has 0 fully saturated rings. The lowest BCUT2D eigenvalue weighted by atomic mass is 10.0. The first-order valence-corrected chi connectivity index (χ1v) is 32.9. The molecule has 6 nitrogen and oxygen atoms in total. The maximum atomic E-state index is 12.9. The molecule has 0 aromatic heterocycles. The molecule has 0 aliphatic rings. The van der Waals surface area contributed by atoms with E-state index in [0.717, 1.165) is 116 Å². The summed E-state index contributed by atoms with van der Waals surface area (Å²) >= 11 is 0. The molecule has 76 heavy (non-hydrogen) atoms. The Balaban J connectivity index is 4.29. The molecular weight excluding hydrogens is 937 g/mol. The van der Waals surface area contributed by atoms with Crippen LogP contribution in [-0.4, -0.2) is 37.2 Å². The summed E-state index contributed by atoms with van der Waals surface area (Å²) in [5, 5.41) is 0. The van der Waals surface area contributed by atoms with Gasteiger partial charge in [0.05, 0.1) is 0 Å². The second kappa shape index (κ2) is 64.4. The van der Waals surface area contributed by atoms with Crippen molar-refractivity contribution in [1.82, 2.24) is 0 Å². The average molecular weight is 1060 g/mol. The minimum absolute atomic E-state index is 0.0803. The highest BCUT2D eigenvalue weighted by Crippen LogP contribution is 2.18. The molecule has 0 aromatic rings. The number of rotatable bonds is 60. The fraction of sp³-hybridized carbons (Fsp3) is 0.786. The number of ether oxygens (including phenoxy) is 3. The second-order valence-electron chi connectivity index (χ2n) is 22.0. The quantitative estimate of drug-likeness (QED) is 0.0261. The molecule has 440 valence electrons. The summed E-state index contributed by atoms with van der Waals surface area (Å²) in [4.78, 5) is 38.3. The Hall–Kier alpha value is -3.15. The van der Waals surface area contributed by atoms with Crippen molar-refractivity contribution in [2.75, 3.05) is 13.2 Å². The molecular formula is C70H124O6. The van der Waals surface area contributed by atoms with E-state index in [1.807, 2.05) is 0 Å². The van der Waals surface area contributed by atoms with E-state index in [0.29, 0.717) is 19.3 Å². The van der Waals surface area contributed by atoms with E-state index < -0.39 is 6.10 Å². The zero-order valence-electron chi connectivity index (χ0n) is 50.5. The van der Waals surface area contributed by atoms with Gasteiger partial charge >= 0.3 is 17.9 Å². The largest absolute Gasteiger partial charge is 0.462 e. The Morgan fingerprint density at radius 3 is 0.855 bits per heavy atom. The number of carbonyl (C=O) groups excluding carboxylic acids is 3. The van der Waals surface area contributed by atoms with Crippen LogP contribution < -0.4 is 0 Å². The summed E-state index contributed by atoms with van der Waals surface area (Å²) in [6.45, 7) is 6.49. The third-order valence-electron chi connectivity index (χ3n) is 14.4. The smallest absolute Gasteiger partial charge is 0.306 e. The first kappa shape index (κ1) is 72.8. The standard InChI is InChI=1S/C70H124O6/c1-4-7-10-13-16-19-22-25-27-29-31-33-34-35-37-38-40-42-45-48-51-54-57-60-63-69(72)75-66-67(65-74-68(71)62-59-56-53-50-47-44-24-21-18-15-12-9-6-3)76-70(73)64-61-58-55-52-49-46-43-41-39-36-32-30-28-26-23-20-17-14-11-8-5-2/h8,11-12,15,17,20-21,24,26,28,32,36,67H,4-7,9-10,13-14,16,18-19,22-23,25,27,29-31,33-35,37-66H2,1-3H3/b11-8-,15-12-,20-17-,24-21-,28-26-,36-32-. The summed E-state index contributed by atoms with van der Waals surface area (Å²) in [5.74, 6) is -0.887. The van der Waals surface area contributed by atoms with Crippen molar-refractivity contribution < 1.29 is 28.6 Å². The van der Waals surface area contributed by atoms with Crippen LogP contribution in [0.2, 0.25) is 0 Å². The molecule has 0 amide bonds. The van der Waals surface area contributed by atoms with Gasteiger partial charge < -0.3 is 14.2 Å². The van der Waals surface area contributed by atoms with E-state index in [1.54, 1.807) is 0 Å². The number of esters is 3. The summed E-state index contributed by atoms with van der Waals surface area (Å²) < 4.78 is 16.9. The lowest BCUT2D eigenvalue weighted by Crippen LogP contribution is -2.30. The molecule has 0 spiro atoms. The van der Waals surface area contributed by atoms with Crippen molar-refractivity contribution in [2.24, 2.45) is 0 Å². The second-order valence-corrected chi connectivity index (χ2v) is 22.0. The highest BCUT2D eigenvalue weighted by molar-refractivity contribution is 5.71. The van der Waals surface area contributed by atoms with Gasteiger partial charge in [0.15, 0.2) is 6.10 Å². The highest BCUT2D eigenvalue weighted by Gasteiger charge is 2.19. The third-order valence-corrected chi connectivity index (χ3v) is 14.4. The molecule has 0 radical (unpaired) electrons. The van der Waals surface area contributed by atoms with Gasteiger partial charge in [-0.3, -0.25) is 14.4 Å². The van der Waals surface area contributed by atoms with Gasteiger partial charge in [-0.15, -0.1) is 0 Å². The maximum absolute atomic E-state index is 12.9. The number of unbranched alkanes of at least 4 members (excludes halogenated alkanes) is 37. The van der Waals surface area contributed by atoms with Crippen LogP contribution >= 0.6 is 0 Å². The number of allylic oxidation sites excluding steroid dienone is 12. The summed E-state index contributed by atoms with van der Waals surface area (Å²) in [7, 11) is 0. The van der Waals surface area contributed by atoms with Crippen molar-refractivity contribution >= 4 is 17.9 Å². The Kier molecular flexibility index (Phi) is 61.7. The van der Waals surface area contributed by atoms with E-state index >= 15 is 0 Å². The van der Waals surface area contributed by atoms with Crippen molar-refractivity contribution in [3.8, 4) is 0 Å². The van der Waals surface area contributed by atoms with Gasteiger partial charge in [0.1, 0.15) is 13.2 Å². The van der Waals surface area contributed by atoms with Crippen LogP contribution in [0.25, 0.3) is 0 Å². The highest BCUT2D eigenvalue weighted by atomic mass is 16.6. The van der Waals surface area contributed by atoms with Crippen LogP contribution in [0.1, 0.15) is 335 Å². The lowest BCUT2D eigenvalue weighted by molar-refractivity contribution is -0.167. The van der Waals surface area contributed by atoms with E-state index in [9.17, 15) is 14.4 Å². The van der Waals surface area contributed by atoms with Gasteiger partial charge in [-0.1, -0.05) is 306 Å². The SMILES string of the molecule is CC/C=C\C/C=C\C/C=C\C/C=C\CCCCCCCCCCC(=O)OC(COC(=O)CCCCCCC/C=C\C/C=C\CCC)COC(=O)CCCCCCCCCCCCCCCCCCCCCCCCCC. The molecule has 0 rings (SSSR count). The Bertz CT molecular complexity index is 1400. The van der Waals surface area contributed by atoms with Crippen LogP contribution in [0.4, 0.5) is 0 Å². The van der Waals surface area contributed by atoms with Gasteiger partial charge in [0.25, 0.3) is 0 Å². The van der Waals surface area contributed by atoms with Crippen molar-refractivity contribution in [3.05, 3.63) is 72.9 Å². The first-order chi connectivity index (χ1) is 37.5. The molecule has 0 saturated heterocycles. The zero-order chi connectivity index (χ0) is 55.0. The number of carbonyl (C=O) groups is 3. The fourth-order valence-electron chi connectivity index (χ4n) is 9.53. The fourth-order valence-corrected chi connectivity index (χ4v) is 9.53. The number of hydrogen-bond donors (Lipinski definition) is 0. The van der Waals surface area contributed by atoms with Gasteiger partial charge in [-0.2, -0.15) is 0 Å². The third kappa shape index (κ3) is 61.7. The van der Waals surface area contributed by atoms with E-state index in [4.69, 9.17) is 14.2 Å². The first-order valence-electron chi connectivity index (χ1n) is 32.9. The van der Waals surface area contributed by atoms with Crippen LogP contribution in [0, 0.1) is 0 Å². The Morgan fingerprint density at radius 2 is 0.539 bits per heavy atom. The molecule has 1 atom stereocenters. The Labute approximate surface area is 472 Å². The molecule has 0 aromatic carbocycles. The Morgan fingerprint density at radius 1 is 0.276 bits per heavy atom. The minimum atomic E-state index is -0.786. The average Bonchev–Trinajstić information content (AvgIpc) is 3.42. The molecule has 0 aliphatic heterocycles. The molecule has 0 bridgehead atoms. The molecule has 0 heterocycles. The van der Waals surface area contributed by atoms with Gasteiger partial charge in [0, 0.05) is 19.3 Å². The van der Waals surface area contributed by atoms with Gasteiger partial charge in [-0.05, 0) is 83.5 Å². The van der Waals surface area contributed by atoms with E-state index in [1.165, 1.54) is 180 Å². The molecule has 0 aliphatic carbocycles.